The van der Waals surface area contributed by atoms with Gasteiger partial charge in [0.05, 0.1) is 16.0 Å². The molecule has 0 amide bonds. The molecule has 27 heavy (non-hydrogen) atoms. The van der Waals surface area contributed by atoms with Crippen molar-refractivity contribution in [2.24, 2.45) is 11.8 Å². The number of carbonyl (C=O) groups excluding carboxylic acids is 2. The van der Waals surface area contributed by atoms with Crippen LogP contribution in [0.5, 0.6) is 0 Å². The quantitative estimate of drug-likeness (QED) is 0.390. The molecule has 1 aliphatic heterocycles. The topological polar surface area (TPSA) is 134 Å². The zero-order valence-corrected chi connectivity index (χ0v) is 15.4. The van der Waals surface area contributed by atoms with Gasteiger partial charge in [0.2, 0.25) is 0 Å². The van der Waals surface area contributed by atoms with Crippen molar-refractivity contribution in [2.45, 2.75) is 37.1 Å². The number of esters is 1. The molecule has 0 spiro atoms. The number of halogens is 2. The highest BCUT2D eigenvalue weighted by molar-refractivity contribution is 6.42. The Labute approximate surface area is 164 Å². The second-order valence-electron chi connectivity index (χ2n) is 6.61. The minimum atomic E-state index is -1.71. The third kappa shape index (κ3) is 4.27. The molecule has 148 valence electrons. The first-order valence-electron chi connectivity index (χ1n) is 8.24. The number of benzene rings is 1. The lowest BCUT2D eigenvalue weighted by Gasteiger charge is -2.37. The average Bonchev–Trinajstić information content (AvgIpc) is 3.44. The van der Waals surface area contributed by atoms with Crippen molar-refractivity contribution in [1.82, 2.24) is 0 Å². The van der Waals surface area contributed by atoms with E-state index < -0.39 is 55.1 Å². The molecule has 1 saturated carbocycles. The number of Topliss-reactive ketones (excluding diaryl/α,β-unsaturated/α-hetero) is 1. The molecule has 10 heteroatoms. The van der Waals surface area contributed by atoms with Crippen LogP contribution in [0.15, 0.2) is 18.2 Å². The molecule has 0 radical (unpaired) electrons. The first-order valence-corrected chi connectivity index (χ1v) is 9.00. The van der Waals surface area contributed by atoms with Gasteiger partial charge in [0.1, 0.15) is 31.0 Å². The van der Waals surface area contributed by atoms with E-state index in [1.807, 2.05) is 0 Å². The molecule has 2 fully saturated rings. The van der Waals surface area contributed by atoms with Gasteiger partial charge in [-0.25, -0.2) is 0 Å². The SMILES string of the molecule is O=C(OC[C@H]1OC(O)C(O)[C@@H](O)[C@@H]1O)[C@H]1C[C@@H]1C(=O)c1ccc(Cl)c(Cl)c1. The fraction of sp³-hybridized carbons (Fsp3) is 0.529. The molecule has 3 rings (SSSR count). The molecule has 1 saturated heterocycles. The number of hydrogen-bond acceptors (Lipinski definition) is 8. The minimum Gasteiger partial charge on any atom is -0.463 e. The van der Waals surface area contributed by atoms with Crippen LogP contribution < -0.4 is 0 Å². The first-order chi connectivity index (χ1) is 12.7. The molecule has 8 nitrogen and oxygen atoms in total. The van der Waals surface area contributed by atoms with Crippen molar-refractivity contribution in [3.63, 3.8) is 0 Å². The van der Waals surface area contributed by atoms with E-state index in [9.17, 15) is 30.0 Å². The Morgan fingerprint density at radius 3 is 2.41 bits per heavy atom. The molecule has 1 aromatic rings. The fourth-order valence-corrected chi connectivity index (χ4v) is 3.25. The highest BCUT2D eigenvalue weighted by Crippen LogP contribution is 2.42. The van der Waals surface area contributed by atoms with E-state index in [-0.39, 0.29) is 10.8 Å². The Balaban J connectivity index is 1.53. The van der Waals surface area contributed by atoms with Crippen molar-refractivity contribution in [2.75, 3.05) is 6.61 Å². The van der Waals surface area contributed by atoms with Gasteiger partial charge in [0.25, 0.3) is 0 Å². The second kappa shape index (κ2) is 8.00. The third-order valence-corrected chi connectivity index (χ3v) is 5.45. The summed E-state index contributed by atoms with van der Waals surface area (Å²) < 4.78 is 9.96. The summed E-state index contributed by atoms with van der Waals surface area (Å²) in [5.41, 5.74) is 0.343. The molecule has 0 bridgehead atoms. The lowest BCUT2D eigenvalue weighted by Crippen LogP contribution is -2.58. The number of carbonyl (C=O) groups is 2. The van der Waals surface area contributed by atoms with Crippen molar-refractivity contribution in [3.05, 3.63) is 33.8 Å². The highest BCUT2D eigenvalue weighted by atomic mass is 35.5. The second-order valence-corrected chi connectivity index (χ2v) is 7.42. The number of aliphatic hydroxyl groups excluding tert-OH is 4. The third-order valence-electron chi connectivity index (χ3n) is 4.71. The number of ketones is 1. The fourth-order valence-electron chi connectivity index (χ4n) is 2.95. The van der Waals surface area contributed by atoms with Gasteiger partial charge >= 0.3 is 5.97 Å². The van der Waals surface area contributed by atoms with Crippen molar-refractivity contribution >= 4 is 35.0 Å². The molecule has 2 unspecified atom stereocenters. The van der Waals surface area contributed by atoms with E-state index in [0.717, 1.165) is 0 Å². The van der Waals surface area contributed by atoms with Crippen LogP contribution >= 0.6 is 23.2 Å². The van der Waals surface area contributed by atoms with Gasteiger partial charge in [-0.3, -0.25) is 9.59 Å². The van der Waals surface area contributed by atoms with E-state index in [0.29, 0.717) is 17.0 Å². The number of hydrogen-bond donors (Lipinski definition) is 4. The lowest BCUT2D eigenvalue weighted by atomic mass is 9.99. The minimum absolute atomic E-state index is 0.241. The Kier molecular flexibility index (Phi) is 6.07. The summed E-state index contributed by atoms with van der Waals surface area (Å²) in [5, 5.41) is 38.8. The molecule has 4 N–H and O–H groups in total. The van der Waals surface area contributed by atoms with Gasteiger partial charge < -0.3 is 29.9 Å². The zero-order valence-electron chi connectivity index (χ0n) is 13.9. The highest BCUT2D eigenvalue weighted by Gasteiger charge is 2.50. The Hall–Kier alpha value is -1.26. The standard InChI is InChI=1S/C17H18Cl2O8/c18-9-2-1-6(3-10(9)19)12(20)7-4-8(7)16(24)26-5-11-13(21)14(22)15(23)17(25)27-11/h1-3,7-8,11,13-15,17,21-23,25H,4-5H2/t7-,8-,11+,13+,14-,15?,17?/m0/s1. The van der Waals surface area contributed by atoms with E-state index in [1.54, 1.807) is 0 Å². The molecule has 1 aromatic carbocycles. The summed E-state index contributed by atoms with van der Waals surface area (Å²) in [6, 6.07) is 4.46. The molecule has 2 aliphatic rings. The van der Waals surface area contributed by atoms with Gasteiger partial charge in [0.15, 0.2) is 12.1 Å². The number of rotatable bonds is 5. The van der Waals surface area contributed by atoms with Crippen molar-refractivity contribution < 1.29 is 39.5 Å². The summed E-state index contributed by atoms with van der Waals surface area (Å²) in [5.74, 6) is -2.07. The van der Waals surface area contributed by atoms with Crippen LogP contribution in [-0.4, -0.2) is 69.5 Å². The molecule has 7 atom stereocenters. The normalized spacial score (nSPS) is 35.6. The molecular weight excluding hydrogens is 403 g/mol. The smallest absolute Gasteiger partial charge is 0.309 e. The molecule has 1 heterocycles. The first kappa shape index (κ1) is 20.5. The Morgan fingerprint density at radius 1 is 1.04 bits per heavy atom. The Morgan fingerprint density at radius 2 is 1.74 bits per heavy atom. The van der Waals surface area contributed by atoms with E-state index in [1.165, 1.54) is 18.2 Å². The number of ether oxygens (including phenoxy) is 2. The maximum atomic E-state index is 12.4. The van der Waals surface area contributed by atoms with Crippen LogP contribution in [0, 0.1) is 11.8 Å². The summed E-state index contributed by atoms with van der Waals surface area (Å²) >= 11 is 11.7. The summed E-state index contributed by atoms with van der Waals surface area (Å²) in [7, 11) is 0. The maximum Gasteiger partial charge on any atom is 0.309 e. The molecule has 1 aliphatic carbocycles. The van der Waals surface area contributed by atoms with E-state index in [4.69, 9.17) is 32.7 Å². The van der Waals surface area contributed by atoms with Crippen molar-refractivity contribution in [3.8, 4) is 0 Å². The predicted molar refractivity (Wildman–Crippen MR) is 92.2 cm³/mol. The largest absolute Gasteiger partial charge is 0.463 e. The summed E-state index contributed by atoms with van der Waals surface area (Å²) in [6.07, 6.45) is -7.44. The maximum absolute atomic E-state index is 12.4. The van der Waals surface area contributed by atoms with Crippen LogP contribution in [-0.2, 0) is 14.3 Å². The van der Waals surface area contributed by atoms with Gasteiger partial charge in [-0.1, -0.05) is 23.2 Å². The van der Waals surface area contributed by atoms with Gasteiger partial charge in [-0.2, -0.15) is 0 Å². The van der Waals surface area contributed by atoms with E-state index >= 15 is 0 Å². The zero-order chi connectivity index (χ0) is 19.9. The monoisotopic (exact) mass is 420 g/mol. The molecular formula is C17H18Cl2O8. The van der Waals surface area contributed by atoms with Crippen LogP contribution in [0.2, 0.25) is 10.0 Å². The average molecular weight is 421 g/mol. The summed E-state index contributed by atoms with van der Waals surface area (Å²) in [6.45, 7) is -0.439. The lowest BCUT2D eigenvalue weighted by molar-refractivity contribution is -0.287. The van der Waals surface area contributed by atoms with Gasteiger partial charge in [0, 0.05) is 11.5 Å². The number of aliphatic hydroxyl groups is 4. The van der Waals surface area contributed by atoms with Crippen LogP contribution in [0.3, 0.4) is 0 Å². The van der Waals surface area contributed by atoms with Crippen LogP contribution in [0.4, 0.5) is 0 Å². The predicted octanol–water partition coefficient (Wildman–Crippen LogP) is 0.155. The van der Waals surface area contributed by atoms with Crippen LogP contribution in [0.1, 0.15) is 16.8 Å². The van der Waals surface area contributed by atoms with Crippen molar-refractivity contribution in [1.29, 1.82) is 0 Å². The summed E-state index contributed by atoms with van der Waals surface area (Å²) in [4.78, 5) is 24.5. The van der Waals surface area contributed by atoms with Crippen LogP contribution in [0.25, 0.3) is 0 Å². The molecule has 0 aromatic heterocycles. The van der Waals surface area contributed by atoms with E-state index in [2.05, 4.69) is 0 Å². The Bertz CT molecular complexity index is 742. The van der Waals surface area contributed by atoms with Gasteiger partial charge in [-0.05, 0) is 24.6 Å². The van der Waals surface area contributed by atoms with Gasteiger partial charge in [-0.15, -0.1) is 0 Å².